The van der Waals surface area contributed by atoms with Crippen molar-refractivity contribution in [3.63, 3.8) is 0 Å². The van der Waals surface area contributed by atoms with E-state index < -0.39 is 9.84 Å². The summed E-state index contributed by atoms with van der Waals surface area (Å²) < 4.78 is 29.6. The topological polar surface area (TPSA) is 69.8 Å². The van der Waals surface area contributed by atoms with Crippen LogP contribution in [0.4, 0.5) is 0 Å². The molecule has 0 aliphatic heterocycles. The van der Waals surface area contributed by atoms with Gasteiger partial charge >= 0.3 is 0 Å². The molecule has 126 valence electrons. The predicted octanol–water partition coefficient (Wildman–Crippen LogP) is 2.71. The minimum atomic E-state index is -3.52. The highest BCUT2D eigenvalue weighted by molar-refractivity contribution is 7.90. The van der Waals surface area contributed by atoms with Crippen molar-refractivity contribution < 1.29 is 8.42 Å². The normalized spacial score (nSPS) is 16.8. The quantitative estimate of drug-likeness (QED) is 0.861. The summed E-state index contributed by atoms with van der Waals surface area (Å²) in [5, 5.41) is 0.211. The lowest BCUT2D eigenvalue weighted by Crippen LogP contribution is -2.21. The summed E-state index contributed by atoms with van der Waals surface area (Å²) in [7, 11) is -1.71. The molecule has 0 saturated heterocycles. The summed E-state index contributed by atoms with van der Waals surface area (Å²) in [6, 6.07) is 0.246. The number of sulfone groups is 1. The molecule has 2 aromatic rings. The van der Waals surface area contributed by atoms with Crippen molar-refractivity contribution >= 4 is 9.84 Å². The summed E-state index contributed by atoms with van der Waals surface area (Å²) >= 11 is 0. The van der Waals surface area contributed by atoms with Crippen molar-refractivity contribution in [2.45, 2.75) is 62.9 Å². The molecular formula is C16H24N4O2S. The van der Waals surface area contributed by atoms with E-state index in [1.807, 2.05) is 25.5 Å². The highest BCUT2D eigenvalue weighted by Gasteiger charge is 2.30. The fourth-order valence-electron chi connectivity index (χ4n) is 3.35. The third-order valence-electron chi connectivity index (χ3n) is 4.81. The first-order valence-electron chi connectivity index (χ1n) is 8.14. The van der Waals surface area contributed by atoms with Gasteiger partial charge in [-0.3, -0.25) is 0 Å². The Bertz CT molecular complexity index is 798. The van der Waals surface area contributed by atoms with E-state index in [1.165, 1.54) is 6.42 Å². The molecule has 1 saturated carbocycles. The Morgan fingerprint density at radius 1 is 1.22 bits per heavy atom. The molecule has 0 amide bonds. The Balaban J connectivity index is 2.01. The smallest absolute Gasteiger partial charge is 0.228 e. The molecule has 0 unspecified atom stereocenters. The average molecular weight is 336 g/mol. The van der Waals surface area contributed by atoms with Gasteiger partial charge in [-0.2, -0.15) is 0 Å². The van der Waals surface area contributed by atoms with Gasteiger partial charge in [-0.05, 0) is 26.7 Å². The molecule has 0 spiro atoms. The van der Waals surface area contributed by atoms with Crippen molar-refractivity contribution in [1.82, 2.24) is 19.1 Å². The number of rotatable bonds is 4. The van der Waals surface area contributed by atoms with Gasteiger partial charge in [0.1, 0.15) is 11.6 Å². The van der Waals surface area contributed by atoms with Crippen LogP contribution < -0.4 is 0 Å². The van der Waals surface area contributed by atoms with E-state index in [2.05, 4.69) is 9.97 Å². The van der Waals surface area contributed by atoms with Crippen LogP contribution in [-0.4, -0.2) is 27.5 Å². The van der Waals surface area contributed by atoms with Crippen LogP contribution in [0.1, 0.15) is 55.4 Å². The molecule has 1 aliphatic carbocycles. The maximum absolute atomic E-state index is 12.9. The molecule has 0 N–H and O–H groups in total. The highest BCUT2D eigenvalue weighted by Crippen LogP contribution is 2.33. The van der Waals surface area contributed by atoms with Crippen LogP contribution in [0.5, 0.6) is 0 Å². The van der Waals surface area contributed by atoms with Crippen LogP contribution in [0.3, 0.4) is 0 Å². The summed E-state index contributed by atoms with van der Waals surface area (Å²) in [6.07, 6.45) is 8.98. The number of aryl methyl sites for hydroxylation is 2. The minimum absolute atomic E-state index is 0.112. The molecule has 6 nitrogen and oxygen atoms in total. The maximum atomic E-state index is 12.9. The zero-order valence-corrected chi connectivity index (χ0v) is 14.8. The van der Waals surface area contributed by atoms with Crippen LogP contribution >= 0.6 is 0 Å². The predicted molar refractivity (Wildman–Crippen MR) is 87.9 cm³/mol. The monoisotopic (exact) mass is 336 g/mol. The first-order valence-corrected chi connectivity index (χ1v) is 9.80. The Kier molecular flexibility index (Phi) is 4.31. The molecular weight excluding hydrogens is 312 g/mol. The van der Waals surface area contributed by atoms with Crippen molar-refractivity contribution in [2.24, 2.45) is 7.05 Å². The Morgan fingerprint density at radius 3 is 2.52 bits per heavy atom. The summed E-state index contributed by atoms with van der Waals surface area (Å²) in [5.41, 5.74) is 1.77. The van der Waals surface area contributed by atoms with Gasteiger partial charge in [-0.15, -0.1) is 0 Å². The zero-order valence-electron chi connectivity index (χ0n) is 14.0. The second-order valence-corrected chi connectivity index (χ2v) is 8.32. The lowest BCUT2D eigenvalue weighted by atomic mass is 9.95. The van der Waals surface area contributed by atoms with Gasteiger partial charge in [0, 0.05) is 31.2 Å². The summed E-state index contributed by atoms with van der Waals surface area (Å²) in [6.45, 7) is 3.85. The molecule has 23 heavy (non-hydrogen) atoms. The first-order chi connectivity index (χ1) is 10.9. The second kappa shape index (κ2) is 6.11. The van der Waals surface area contributed by atoms with E-state index in [0.29, 0.717) is 5.82 Å². The lowest BCUT2D eigenvalue weighted by Gasteiger charge is -2.26. The van der Waals surface area contributed by atoms with Crippen molar-refractivity contribution in [3.8, 4) is 0 Å². The van der Waals surface area contributed by atoms with Gasteiger partial charge in [0.05, 0.1) is 5.69 Å². The van der Waals surface area contributed by atoms with Gasteiger partial charge in [-0.1, -0.05) is 19.3 Å². The number of imidazole rings is 2. The lowest BCUT2D eigenvalue weighted by molar-refractivity contribution is 0.329. The average Bonchev–Trinajstić information content (AvgIpc) is 3.05. The van der Waals surface area contributed by atoms with Crippen LogP contribution in [0.25, 0.3) is 0 Å². The molecule has 1 aliphatic rings. The van der Waals surface area contributed by atoms with Gasteiger partial charge in [0.2, 0.25) is 15.0 Å². The van der Waals surface area contributed by atoms with E-state index in [1.54, 1.807) is 17.0 Å². The number of aromatic nitrogens is 4. The van der Waals surface area contributed by atoms with E-state index in [-0.39, 0.29) is 17.0 Å². The van der Waals surface area contributed by atoms with Crippen molar-refractivity contribution in [3.05, 3.63) is 29.6 Å². The molecule has 2 heterocycles. The fourth-order valence-corrected chi connectivity index (χ4v) is 4.96. The second-order valence-electron chi connectivity index (χ2n) is 6.44. The Morgan fingerprint density at radius 2 is 1.91 bits per heavy atom. The third-order valence-corrected chi connectivity index (χ3v) is 6.30. The molecule has 1 fully saturated rings. The number of hydrogen-bond donors (Lipinski definition) is 0. The van der Waals surface area contributed by atoms with Gasteiger partial charge in [-0.25, -0.2) is 18.4 Å². The van der Waals surface area contributed by atoms with Crippen LogP contribution in [-0.2, 0) is 22.6 Å². The standard InChI is InChI=1S/C16H24N4O2S/c1-12-13(2)20(14-7-5-4-6-8-14)16(18-12)23(21,22)11-15-17-9-10-19(15)3/h9-10,14H,4-8,11H2,1-3H3. The Hall–Kier alpha value is -1.63. The fraction of sp³-hybridized carbons (Fsp3) is 0.625. The Labute approximate surface area is 137 Å². The van der Waals surface area contributed by atoms with Gasteiger partial charge in [0.25, 0.3) is 0 Å². The molecule has 7 heteroatoms. The first kappa shape index (κ1) is 16.2. The molecule has 3 rings (SSSR count). The maximum Gasteiger partial charge on any atom is 0.228 e. The van der Waals surface area contributed by atoms with Crippen LogP contribution in [0.15, 0.2) is 17.6 Å². The molecule has 0 bridgehead atoms. The van der Waals surface area contributed by atoms with Gasteiger partial charge in [0.15, 0.2) is 0 Å². The van der Waals surface area contributed by atoms with Crippen molar-refractivity contribution in [1.29, 1.82) is 0 Å². The SMILES string of the molecule is Cc1nc(S(=O)(=O)Cc2nccn2C)n(C2CCCCC2)c1C. The van der Waals surface area contributed by atoms with E-state index >= 15 is 0 Å². The molecule has 0 aromatic carbocycles. The highest BCUT2D eigenvalue weighted by atomic mass is 32.2. The summed E-state index contributed by atoms with van der Waals surface area (Å²) in [5.74, 6) is 0.428. The van der Waals surface area contributed by atoms with E-state index in [9.17, 15) is 8.42 Å². The third kappa shape index (κ3) is 3.06. The molecule has 0 radical (unpaired) electrons. The summed E-state index contributed by atoms with van der Waals surface area (Å²) in [4.78, 5) is 8.55. The van der Waals surface area contributed by atoms with E-state index in [0.717, 1.165) is 37.1 Å². The largest absolute Gasteiger partial charge is 0.337 e. The van der Waals surface area contributed by atoms with E-state index in [4.69, 9.17) is 0 Å². The van der Waals surface area contributed by atoms with Gasteiger partial charge < -0.3 is 9.13 Å². The van der Waals surface area contributed by atoms with Crippen molar-refractivity contribution in [2.75, 3.05) is 0 Å². The molecule has 2 aromatic heterocycles. The zero-order chi connectivity index (χ0) is 16.6. The molecule has 0 atom stereocenters. The minimum Gasteiger partial charge on any atom is -0.337 e. The van der Waals surface area contributed by atoms with Crippen LogP contribution in [0, 0.1) is 13.8 Å². The van der Waals surface area contributed by atoms with Crippen LogP contribution in [0.2, 0.25) is 0 Å². The number of nitrogens with zero attached hydrogens (tertiary/aromatic N) is 4. The number of hydrogen-bond acceptors (Lipinski definition) is 4.